The Morgan fingerprint density at radius 2 is 2.00 bits per heavy atom. The number of hydrogen-bond acceptors (Lipinski definition) is 3. The van der Waals surface area contributed by atoms with Crippen molar-refractivity contribution >= 4 is 0 Å². The van der Waals surface area contributed by atoms with Crippen LogP contribution in [0.3, 0.4) is 0 Å². The molecule has 0 aliphatic rings. The van der Waals surface area contributed by atoms with E-state index in [0.29, 0.717) is 5.82 Å². The van der Waals surface area contributed by atoms with Gasteiger partial charge in [0.05, 0.1) is 0 Å². The maximum atomic E-state index is 8.90. The van der Waals surface area contributed by atoms with Gasteiger partial charge < -0.3 is 5.11 Å². The molecule has 3 nitrogen and oxygen atoms in total. The molecule has 0 spiro atoms. The summed E-state index contributed by atoms with van der Waals surface area (Å²) in [7, 11) is 0. The molecule has 0 aromatic carbocycles. The van der Waals surface area contributed by atoms with Crippen LogP contribution in [0.15, 0.2) is 18.5 Å². The lowest BCUT2D eigenvalue weighted by Crippen LogP contribution is -1.96. The molecule has 9 heavy (non-hydrogen) atoms. The van der Waals surface area contributed by atoms with Crippen molar-refractivity contribution in [3.8, 4) is 0 Å². The molecule has 0 aliphatic carbocycles. The first-order valence-corrected chi connectivity index (χ1v) is 2.75. The number of aromatic nitrogens is 2. The molecule has 1 rings (SSSR count). The van der Waals surface area contributed by atoms with Crippen LogP contribution >= 0.6 is 0 Å². The van der Waals surface area contributed by atoms with Gasteiger partial charge in [0.15, 0.2) is 5.82 Å². The number of nitrogens with zero attached hydrogens (tertiary/aromatic N) is 2. The quantitative estimate of drug-likeness (QED) is 0.594. The summed E-state index contributed by atoms with van der Waals surface area (Å²) >= 11 is 0. The van der Waals surface area contributed by atoms with Gasteiger partial charge in [0.1, 0.15) is 6.10 Å². The Kier molecular flexibility index (Phi) is 1.75. The predicted octanol–water partition coefficient (Wildman–Crippen LogP) is 0.530. The normalized spacial score (nSPS) is 13.1. The fraction of sp³-hybridized carbons (Fsp3) is 0.333. The van der Waals surface area contributed by atoms with Gasteiger partial charge in [0, 0.05) is 12.4 Å². The van der Waals surface area contributed by atoms with E-state index < -0.39 is 6.10 Å². The van der Waals surface area contributed by atoms with Crippen LogP contribution in [0.25, 0.3) is 0 Å². The second kappa shape index (κ2) is 2.55. The lowest BCUT2D eigenvalue weighted by atomic mass is 10.4. The molecule has 0 fully saturated rings. The van der Waals surface area contributed by atoms with Crippen LogP contribution in [-0.4, -0.2) is 15.1 Å². The third-order valence-electron chi connectivity index (χ3n) is 0.959. The van der Waals surface area contributed by atoms with Crippen LogP contribution in [0.5, 0.6) is 0 Å². The Morgan fingerprint density at radius 1 is 1.44 bits per heavy atom. The zero-order chi connectivity index (χ0) is 6.69. The number of aliphatic hydroxyl groups is 1. The molecular formula is C6H8N2O. The average molecular weight is 124 g/mol. The monoisotopic (exact) mass is 124 g/mol. The van der Waals surface area contributed by atoms with Gasteiger partial charge >= 0.3 is 0 Å². The molecule has 0 amide bonds. The highest BCUT2D eigenvalue weighted by Crippen LogP contribution is 2.01. The third-order valence-corrected chi connectivity index (χ3v) is 0.959. The van der Waals surface area contributed by atoms with E-state index in [2.05, 4.69) is 9.97 Å². The van der Waals surface area contributed by atoms with Crippen molar-refractivity contribution in [2.24, 2.45) is 0 Å². The van der Waals surface area contributed by atoms with Crippen molar-refractivity contribution in [1.29, 1.82) is 0 Å². The first kappa shape index (κ1) is 6.16. The van der Waals surface area contributed by atoms with Crippen LogP contribution in [0.1, 0.15) is 18.9 Å². The summed E-state index contributed by atoms with van der Waals surface area (Å²) in [4.78, 5) is 7.63. The van der Waals surface area contributed by atoms with E-state index in [1.807, 2.05) is 0 Å². The van der Waals surface area contributed by atoms with Gasteiger partial charge in [-0.25, -0.2) is 9.97 Å². The van der Waals surface area contributed by atoms with Gasteiger partial charge in [-0.15, -0.1) is 0 Å². The van der Waals surface area contributed by atoms with Gasteiger partial charge in [-0.3, -0.25) is 0 Å². The summed E-state index contributed by atoms with van der Waals surface area (Å²) in [6, 6.07) is 1.71. The average Bonchev–Trinajstić information content (AvgIpc) is 1.90. The van der Waals surface area contributed by atoms with E-state index in [1.54, 1.807) is 25.4 Å². The molecule has 0 saturated heterocycles. The summed E-state index contributed by atoms with van der Waals surface area (Å²) in [5.41, 5.74) is 0. The molecule has 1 unspecified atom stereocenters. The lowest BCUT2D eigenvalue weighted by molar-refractivity contribution is 0.189. The highest BCUT2D eigenvalue weighted by molar-refractivity contribution is 4.90. The predicted molar refractivity (Wildman–Crippen MR) is 32.7 cm³/mol. The van der Waals surface area contributed by atoms with Crippen LogP contribution in [0, 0.1) is 0 Å². The maximum Gasteiger partial charge on any atom is 0.156 e. The molecule has 0 aliphatic heterocycles. The number of hydrogen-bond donors (Lipinski definition) is 1. The second-order valence-electron chi connectivity index (χ2n) is 1.78. The fourth-order valence-corrected chi connectivity index (χ4v) is 0.526. The van der Waals surface area contributed by atoms with Crippen molar-refractivity contribution in [2.75, 3.05) is 0 Å². The minimum absolute atomic E-state index is 0.470. The minimum atomic E-state index is -0.564. The van der Waals surface area contributed by atoms with E-state index >= 15 is 0 Å². The van der Waals surface area contributed by atoms with Gasteiger partial charge in [-0.1, -0.05) is 0 Å². The van der Waals surface area contributed by atoms with Crippen LogP contribution < -0.4 is 0 Å². The molecule has 1 aromatic heterocycles. The van der Waals surface area contributed by atoms with Crippen LogP contribution in [0.2, 0.25) is 0 Å². The minimum Gasteiger partial charge on any atom is -0.385 e. The number of rotatable bonds is 1. The standard InChI is InChI=1S/C6H8N2O/c1-5(9)6-7-3-2-4-8-6/h2-5,9H,1H3. The van der Waals surface area contributed by atoms with Gasteiger partial charge in [0.2, 0.25) is 0 Å². The summed E-state index contributed by atoms with van der Waals surface area (Å²) in [5.74, 6) is 0.470. The Labute approximate surface area is 53.4 Å². The summed E-state index contributed by atoms with van der Waals surface area (Å²) in [6.45, 7) is 1.63. The Balaban J connectivity index is 2.85. The molecule has 0 saturated carbocycles. The zero-order valence-electron chi connectivity index (χ0n) is 5.15. The van der Waals surface area contributed by atoms with Crippen molar-refractivity contribution in [2.45, 2.75) is 13.0 Å². The molecule has 0 radical (unpaired) electrons. The first-order valence-electron chi connectivity index (χ1n) is 2.75. The van der Waals surface area contributed by atoms with Crippen molar-refractivity contribution in [1.82, 2.24) is 9.97 Å². The Bertz CT molecular complexity index is 174. The van der Waals surface area contributed by atoms with Gasteiger partial charge in [0.25, 0.3) is 0 Å². The van der Waals surface area contributed by atoms with Gasteiger partial charge in [-0.2, -0.15) is 0 Å². The smallest absolute Gasteiger partial charge is 0.156 e. The maximum absolute atomic E-state index is 8.90. The molecule has 48 valence electrons. The first-order chi connectivity index (χ1) is 4.30. The third kappa shape index (κ3) is 1.47. The summed E-state index contributed by atoms with van der Waals surface area (Å²) in [6.07, 6.45) is 2.65. The van der Waals surface area contributed by atoms with E-state index in [9.17, 15) is 0 Å². The van der Waals surface area contributed by atoms with E-state index in [4.69, 9.17) is 5.11 Å². The highest BCUT2D eigenvalue weighted by atomic mass is 16.3. The fourth-order valence-electron chi connectivity index (χ4n) is 0.526. The Hall–Kier alpha value is -0.960. The van der Waals surface area contributed by atoms with Gasteiger partial charge in [-0.05, 0) is 13.0 Å². The van der Waals surface area contributed by atoms with E-state index in [-0.39, 0.29) is 0 Å². The number of aliphatic hydroxyl groups excluding tert-OH is 1. The Morgan fingerprint density at radius 3 is 2.33 bits per heavy atom. The van der Waals surface area contributed by atoms with Crippen molar-refractivity contribution < 1.29 is 5.11 Å². The summed E-state index contributed by atoms with van der Waals surface area (Å²) in [5, 5.41) is 8.90. The van der Waals surface area contributed by atoms with Crippen molar-refractivity contribution in [3.63, 3.8) is 0 Å². The molecule has 0 bridgehead atoms. The molecule has 1 N–H and O–H groups in total. The molecule has 3 heteroatoms. The van der Waals surface area contributed by atoms with Crippen molar-refractivity contribution in [3.05, 3.63) is 24.3 Å². The van der Waals surface area contributed by atoms with E-state index in [0.717, 1.165) is 0 Å². The second-order valence-corrected chi connectivity index (χ2v) is 1.78. The molecule has 1 heterocycles. The highest BCUT2D eigenvalue weighted by Gasteiger charge is 1.99. The topological polar surface area (TPSA) is 46.0 Å². The van der Waals surface area contributed by atoms with Crippen LogP contribution in [-0.2, 0) is 0 Å². The molecule has 1 aromatic rings. The summed E-state index contributed by atoms with van der Waals surface area (Å²) < 4.78 is 0. The van der Waals surface area contributed by atoms with E-state index in [1.165, 1.54) is 0 Å². The molecular weight excluding hydrogens is 116 g/mol. The SMILES string of the molecule is CC(O)c1ncccn1. The molecule has 1 atom stereocenters. The van der Waals surface area contributed by atoms with Crippen LogP contribution in [0.4, 0.5) is 0 Å². The lowest BCUT2D eigenvalue weighted by Gasteiger charge is -1.98. The zero-order valence-corrected chi connectivity index (χ0v) is 5.15. The largest absolute Gasteiger partial charge is 0.385 e.